The number of carbonyl (C=O) groups excluding carboxylic acids is 1. The predicted octanol–water partition coefficient (Wildman–Crippen LogP) is 5.93. The highest BCUT2D eigenvalue weighted by atomic mass is 35.5. The largest absolute Gasteiger partial charge is 0.616 e. The van der Waals surface area contributed by atoms with Crippen LogP contribution in [-0.4, -0.2) is 22.0 Å². The zero-order chi connectivity index (χ0) is 23.0. The molecule has 164 valence electrons. The lowest BCUT2D eigenvalue weighted by molar-refractivity contribution is -0.153. The Hall–Kier alpha value is -2.17. The molecule has 0 aliphatic carbocycles. The second-order valence-electron chi connectivity index (χ2n) is 7.12. The Bertz CT molecular complexity index is 940. The van der Waals surface area contributed by atoms with Crippen molar-refractivity contribution in [3.8, 4) is 17.6 Å². The molecule has 0 fully saturated rings. The van der Waals surface area contributed by atoms with Gasteiger partial charge in [-0.25, -0.2) is 0 Å². The van der Waals surface area contributed by atoms with E-state index >= 15 is 0 Å². The van der Waals surface area contributed by atoms with E-state index < -0.39 is 34.4 Å². The van der Waals surface area contributed by atoms with E-state index in [0.29, 0.717) is 17.1 Å². The fourth-order valence-electron chi connectivity index (χ4n) is 3.05. The second-order valence-corrected chi connectivity index (χ2v) is 9.67. The Kier molecular flexibility index (Phi) is 9.73. The molecule has 0 aliphatic rings. The highest BCUT2D eigenvalue weighted by Gasteiger charge is 2.39. The molecule has 0 aromatic heterocycles. The molecule has 5 nitrogen and oxygen atoms in total. The molecule has 0 saturated heterocycles. The van der Waals surface area contributed by atoms with Crippen LogP contribution in [0.1, 0.15) is 25.5 Å². The molecule has 0 bridgehead atoms. The lowest BCUT2D eigenvalue weighted by atomic mass is 9.92. The standard InChI is InChI=1S/C23H23Cl2NO4S/c1-15(2)22(20(31(3)28)13-21(24)25)23(27)30-19(14-26)16-8-7-11-18(12-16)29-17-9-5-4-6-10-17/h4-13,15,19-20,22H,1-3H3. The lowest BCUT2D eigenvalue weighted by Crippen LogP contribution is -2.38. The van der Waals surface area contributed by atoms with Crippen molar-refractivity contribution in [3.63, 3.8) is 0 Å². The van der Waals surface area contributed by atoms with E-state index in [2.05, 4.69) is 0 Å². The Morgan fingerprint density at radius 2 is 1.77 bits per heavy atom. The van der Waals surface area contributed by atoms with Gasteiger partial charge in [-0.15, -0.1) is 0 Å². The third-order valence-corrected chi connectivity index (χ3v) is 5.96. The number of halogens is 2. The maximum atomic E-state index is 13.0. The number of nitrogens with zero attached hydrogens (tertiary/aromatic N) is 1. The molecule has 2 rings (SSSR count). The molecule has 0 saturated carbocycles. The van der Waals surface area contributed by atoms with Crippen LogP contribution in [-0.2, 0) is 20.7 Å². The average Bonchev–Trinajstić information content (AvgIpc) is 2.71. The normalized spacial score (nSPS) is 14.6. The smallest absolute Gasteiger partial charge is 0.316 e. The molecule has 8 heteroatoms. The molecule has 4 unspecified atom stereocenters. The Labute approximate surface area is 195 Å². The Morgan fingerprint density at radius 3 is 2.32 bits per heavy atom. The number of carbonyl (C=O) groups is 1. The molecule has 2 aromatic carbocycles. The van der Waals surface area contributed by atoms with Gasteiger partial charge in [0, 0.05) is 5.56 Å². The number of ether oxygens (including phenoxy) is 2. The van der Waals surface area contributed by atoms with Gasteiger partial charge in [0.05, 0.1) is 6.26 Å². The van der Waals surface area contributed by atoms with E-state index in [0.717, 1.165) is 0 Å². The topological polar surface area (TPSA) is 82.4 Å². The predicted molar refractivity (Wildman–Crippen MR) is 123 cm³/mol. The van der Waals surface area contributed by atoms with E-state index in [1.54, 1.807) is 38.1 Å². The minimum Gasteiger partial charge on any atom is -0.616 e. The summed E-state index contributed by atoms with van der Waals surface area (Å²) in [5, 5.41) is 8.89. The molecule has 0 radical (unpaired) electrons. The molecule has 0 amide bonds. The summed E-state index contributed by atoms with van der Waals surface area (Å²) < 4.78 is 23.5. The number of hydrogen-bond donors (Lipinski definition) is 0. The maximum absolute atomic E-state index is 13.0. The van der Waals surface area contributed by atoms with Crippen molar-refractivity contribution in [2.24, 2.45) is 11.8 Å². The number of para-hydroxylation sites is 1. The first-order valence-corrected chi connectivity index (χ1v) is 11.9. The molecule has 0 N–H and O–H groups in total. The molecule has 0 spiro atoms. The van der Waals surface area contributed by atoms with Crippen molar-refractivity contribution in [1.29, 1.82) is 5.26 Å². The van der Waals surface area contributed by atoms with Gasteiger partial charge in [-0.05, 0) is 47.4 Å². The van der Waals surface area contributed by atoms with Crippen molar-refractivity contribution in [3.05, 3.63) is 70.7 Å². The molecule has 4 atom stereocenters. The summed E-state index contributed by atoms with van der Waals surface area (Å²) in [6.07, 6.45) is 1.68. The SMILES string of the molecule is CC(C)C(C(=O)OC(C#N)c1cccc(Oc2ccccc2)c1)C(C=C(Cl)Cl)[S+](C)[O-]. The van der Waals surface area contributed by atoms with Gasteiger partial charge < -0.3 is 14.0 Å². The number of rotatable bonds is 9. The quantitative estimate of drug-likeness (QED) is 0.328. The van der Waals surface area contributed by atoms with E-state index in [4.69, 9.17) is 32.7 Å². The highest BCUT2D eigenvalue weighted by molar-refractivity contribution is 7.91. The minimum atomic E-state index is -1.43. The summed E-state index contributed by atoms with van der Waals surface area (Å²) in [5.41, 5.74) is 0.465. The van der Waals surface area contributed by atoms with Crippen molar-refractivity contribution in [2.45, 2.75) is 25.2 Å². The van der Waals surface area contributed by atoms with Gasteiger partial charge in [0.2, 0.25) is 6.10 Å². The van der Waals surface area contributed by atoms with Crippen LogP contribution in [0.4, 0.5) is 0 Å². The number of nitriles is 1. The third-order valence-electron chi connectivity index (χ3n) is 4.51. The van der Waals surface area contributed by atoms with Crippen molar-refractivity contribution in [1.82, 2.24) is 0 Å². The second kappa shape index (κ2) is 12.0. The fraction of sp³-hybridized carbons (Fsp3) is 0.304. The first kappa shape index (κ1) is 25.1. The Balaban J connectivity index is 2.24. The van der Waals surface area contributed by atoms with Crippen LogP contribution >= 0.6 is 23.2 Å². The summed E-state index contributed by atoms with van der Waals surface area (Å²) in [4.78, 5) is 13.0. The van der Waals surface area contributed by atoms with Crippen LogP contribution in [0.5, 0.6) is 11.5 Å². The first-order chi connectivity index (χ1) is 14.7. The molecule has 0 aliphatic heterocycles. The molecular weight excluding hydrogens is 457 g/mol. The third kappa shape index (κ3) is 7.48. The van der Waals surface area contributed by atoms with Crippen LogP contribution in [0.3, 0.4) is 0 Å². The van der Waals surface area contributed by atoms with Crippen molar-refractivity contribution in [2.75, 3.05) is 6.26 Å². The van der Waals surface area contributed by atoms with E-state index in [1.165, 1.54) is 12.3 Å². The summed E-state index contributed by atoms with van der Waals surface area (Å²) >= 11 is 10.1. The maximum Gasteiger partial charge on any atom is 0.316 e. The van der Waals surface area contributed by atoms with Crippen LogP contribution in [0.25, 0.3) is 0 Å². The van der Waals surface area contributed by atoms with E-state index in [-0.39, 0.29) is 10.4 Å². The summed E-state index contributed by atoms with van der Waals surface area (Å²) in [6.45, 7) is 3.61. The van der Waals surface area contributed by atoms with E-state index in [9.17, 15) is 14.6 Å². The van der Waals surface area contributed by atoms with Gasteiger partial charge in [-0.1, -0.05) is 67.4 Å². The van der Waals surface area contributed by atoms with E-state index in [1.807, 2.05) is 36.4 Å². The zero-order valence-electron chi connectivity index (χ0n) is 17.3. The fourth-order valence-corrected chi connectivity index (χ4v) is 4.63. The first-order valence-electron chi connectivity index (χ1n) is 9.51. The monoisotopic (exact) mass is 479 g/mol. The Morgan fingerprint density at radius 1 is 1.13 bits per heavy atom. The van der Waals surface area contributed by atoms with Gasteiger partial charge in [0.25, 0.3) is 0 Å². The minimum absolute atomic E-state index is 0.0822. The molecule has 0 heterocycles. The van der Waals surface area contributed by atoms with Crippen molar-refractivity contribution >= 4 is 40.3 Å². The van der Waals surface area contributed by atoms with Crippen LogP contribution in [0.15, 0.2) is 65.2 Å². The number of benzene rings is 2. The summed E-state index contributed by atoms with van der Waals surface area (Å²) in [6, 6.07) is 18.0. The van der Waals surface area contributed by atoms with Crippen LogP contribution in [0, 0.1) is 23.2 Å². The zero-order valence-corrected chi connectivity index (χ0v) is 19.7. The van der Waals surface area contributed by atoms with Gasteiger partial charge in [-0.3, -0.25) is 4.79 Å². The van der Waals surface area contributed by atoms with Gasteiger partial charge in [-0.2, -0.15) is 5.26 Å². The molecular formula is C23H23Cl2NO4S. The highest BCUT2D eigenvalue weighted by Crippen LogP contribution is 2.30. The average molecular weight is 480 g/mol. The summed E-state index contributed by atoms with van der Waals surface area (Å²) in [7, 11) is 0. The van der Waals surface area contributed by atoms with Gasteiger partial charge in [0.15, 0.2) is 0 Å². The molecule has 31 heavy (non-hydrogen) atoms. The summed E-state index contributed by atoms with van der Waals surface area (Å²) in [5.74, 6) is -0.523. The molecule has 2 aromatic rings. The van der Waals surface area contributed by atoms with Gasteiger partial charge in [0.1, 0.15) is 33.2 Å². The van der Waals surface area contributed by atoms with Gasteiger partial charge >= 0.3 is 5.97 Å². The number of hydrogen-bond acceptors (Lipinski definition) is 5. The van der Waals surface area contributed by atoms with Crippen LogP contribution in [0.2, 0.25) is 0 Å². The number of esters is 1. The lowest BCUT2D eigenvalue weighted by Gasteiger charge is -2.27. The van der Waals surface area contributed by atoms with Crippen molar-refractivity contribution < 1.29 is 18.8 Å². The van der Waals surface area contributed by atoms with Crippen LogP contribution < -0.4 is 4.74 Å².